The van der Waals surface area contributed by atoms with Gasteiger partial charge in [-0.15, -0.1) is 0 Å². The number of hydrogen-bond acceptors (Lipinski definition) is 3. The van der Waals surface area contributed by atoms with Crippen molar-refractivity contribution >= 4 is 5.97 Å². The van der Waals surface area contributed by atoms with Gasteiger partial charge in [0.1, 0.15) is 6.61 Å². The molecule has 110 valence electrons. The SMILES string of the molecule is O=C(O)COC1CCN(CC2CCCCCC2)CC1. The van der Waals surface area contributed by atoms with Crippen LogP contribution in [0.2, 0.25) is 0 Å². The highest BCUT2D eigenvalue weighted by Crippen LogP contribution is 2.25. The Labute approximate surface area is 116 Å². The van der Waals surface area contributed by atoms with Crippen molar-refractivity contribution in [3.63, 3.8) is 0 Å². The second-order valence-electron chi connectivity index (χ2n) is 6.06. The van der Waals surface area contributed by atoms with Crippen molar-refractivity contribution in [3.05, 3.63) is 0 Å². The zero-order valence-electron chi connectivity index (χ0n) is 11.9. The zero-order chi connectivity index (χ0) is 13.5. The van der Waals surface area contributed by atoms with Crippen LogP contribution < -0.4 is 0 Å². The number of nitrogens with zero attached hydrogens (tertiary/aromatic N) is 1. The maximum Gasteiger partial charge on any atom is 0.329 e. The number of carboxylic acid groups (broad SMARTS) is 1. The van der Waals surface area contributed by atoms with Gasteiger partial charge >= 0.3 is 5.97 Å². The summed E-state index contributed by atoms with van der Waals surface area (Å²) in [5, 5.41) is 8.60. The molecule has 0 unspecified atom stereocenters. The van der Waals surface area contributed by atoms with Crippen molar-refractivity contribution in [3.8, 4) is 0 Å². The van der Waals surface area contributed by atoms with E-state index in [0.717, 1.165) is 31.8 Å². The summed E-state index contributed by atoms with van der Waals surface area (Å²) in [6, 6.07) is 0. The summed E-state index contributed by atoms with van der Waals surface area (Å²) < 4.78 is 5.38. The molecule has 0 atom stereocenters. The van der Waals surface area contributed by atoms with E-state index >= 15 is 0 Å². The lowest BCUT2D eigenvalue weighted by Gasteiger charge is -2.33. The molecule has 0 aromatic rings. The second-order valence-corrected chi connectivity index (χ2v) is 6.06. The van der Waals surface area contributed by atoms with Crippen molar-refractivity contribution in [2.24, 2.45) is 5.92 Å². The van der Waals surface area contributed by atoms with Crippen molar-refractivity contribution in [2.45, 2.75) is 57.5 Å². The number of ether oxygens (including phenoxy) is 1. The van der Waals surface area contributed by atoms with E-state index in [1.165, 1.54) is 45.1 Å². The van der Waals surface area contributed by atoms with Crippen molar-refractivity contribution < 1.29 is 14.6 Å². The summed E-state index contributed by atoms with van der Waals surface area (Å²) in [5.74, 6) is 0.0277. The monoisotopic (exact) mass is 269 g/mol. The van der Waals surface area contributed by atoms with Crippen LogP contribution in [0, 0.1) is 5.92 Å². The number of carbonyl (C=O) groups is 1. The van der Waals surface area contributed by atoms with E-state index < -0.39 is 5.97 Å². The van der Waals surface area contributed by atoms with Crippen LogP contribution in [-0.2, 0) is 9.53 Å². The van der Waals surface area contributed by atoms with Crippen LogP contribution in [0.5, 0.6) is 0 Å². The van der Waals surface area contributed by atoms with Gasteiger partial charge in [0.25, 0.3) is 0 Å². The molecule has 0 radical (unpaired) electrons. The molecule has 0 bridgehead atoms. The predicted molar refractivity (Wildman–Crippen MR) is 74.2 cm³/mol. The lowest BCUT2D eigenvalue weighted by Crippen LogP contribution is -2.40. The van der Waals surface area contributed by atoms with E-state index in [4.69, 9.17) is 9.84 Å². The highest BCUT2D eigenvalue weighted by molar-refractivity contribution is 5.68. The Kier molecular flexibility index (Phi) is 6.11. The summed E-state index contributed by atoms with van der Waals surface area (Å²) in [7, 11) is 0. The van der Waals surface area contributed by atoms with Crippen LogP contribution in [0.4, 0.5) is 0 Å². The van der Waals surface area contributed by atoms with E-state index in [-0.39, 0.29) is 12.7 Å². The van der Waals surface area contributed by atoms with Gasteiger partial charge in [-0.3, -0.25) is 0 Å². The smallest absolute Gasteiger partial charge is 0.329 e. The van der Waals surface area contributed by atoms with Crippen LogP contribution in [0.15, 0.2) is 0 Å². The van der Waals surface area contributed by atoms with Crippen molar-refractivity contribution in [1.29, 1.82) is 0 Å². The van der Waals surface area contributed by atoms with Gasteiger partial charge in [0, 0.05) is 19.6 Å². The first-order valence-electron chi connectivity index (χ1n) is 7.80. The molecule has 2 aliphatic rings. The Morgan fingerprint density at radius 3 is 2.26 bits per heavy atom. The van der Waals surface area contributed by atoms with Gasteiger partial charge < -0.3 is 14.7 Å². The molecule has 1 heterocycles. The molecule has 2 fully saturated rings. The predicted octanol–water partition coefficient (Wildman–Crippen LogP) is 2.52. The minimum Gasteiger partial charge on any atom is -0.480 e. The molecule has 1 N–H and O–H groups in total. The summed E-state index contributed by atoms with van der Waals surface area (Å²) in [4.78, 5) is 13.0. The van der Waals surface area contributed by atoms with Gasteiger partial charge in [0.2, 0.25) is 0 Å². The quantitative estimate of drug-likeness (QED) is 0.779. The third-order valence-electron chi connectivity index (χ3n) is 4.47. The molecular formula is C15H27NO3. The number of hydrogen-bond donors (Lipinski definition) is 1. The highest BCUT2D eigenvalue weighted by Gasteiger charge is 2.23. The Hall–Kier alpha value is -0.610. The fourth-order valence-corrected chi connectivity index (χ4v) is 3.36. The first-order valence-corrected chi connectivity index (χ1v) is 7.80. The summed E-state index contributed by atoms with van der Waals surface area (Å²) in [6.45, 7) is 3.24. The molecule has 0 aromatic heterocycles. The Morgan fingerprint density at radius 2 is 1.68 bits per heavy atom. The van der Waals surface area contributed by atoms with E-state index in [0.29, 0.717) is 0 Å². The minimum absolute atomic E-state index is 0.146. The molecular weight excluding hydrogens is 242 g/mol. The molecule has 19 heavy (non-hydrogen) atoms. The topological polar surface area (TPSA) is 49.8 Å². The number of piperidine rings is 1. The molecule has 1 saturated carbocycles. The molecule has 0 amide bonds. The number of aliphatic carboxylic acids is 1. The number of likely N-dealkylation sites (tertiary alicyclic amines) is 1. The fraction of sp³-hybridized carbons (Fsp3) is 0.933. The van der Waals surface area contributed by atoms with Crippen LogP contribution >= 0.6 is 0 Å². The molecule has 1 aliphatic heterocycles. The third kappa shape index (κ3) is 5.49. The largest absolute Gasteiger partial charge is 0.480 e. The second kappa shape index (κ2) is 7.85. The first-order chi connectivity index (χ1) is 9.24. The van der Waals surface area contributed by atoms with Gasteiger partial charge in [0.05, 0.1) is 6.10 Å². The van der Waals surface area contributed by atoms with Gasteiger partial charge in [0.15, 0.2) is 0 Å². The summed E-state index contributed by atoms with van der Waals surface area (Å²) in [6.07, 6.45) is 10.6. The van der Waals surface area contributed by atoms with Gasteiger partial charge in [-0.2, -0.15) is 0 Å². The third-order valence-corrected chi connectivity index (χ3v) is 4.47. The van der Waals surface area contributed by atoms with E-state index in [1.807, 2.05) is 0 Å². The number of rotatable bonds is 5. The normalized spacial score (nSPS) is 24.2. The van der Waals surface area contributed by atoms with Gasteiger partial charge in [-0.25, -0.2) is 4.79 Å². The fourth-order valence-electron chi connectivity index (χ4n) is 3.36. The Balaban J connectivity index is 1.63. The summed E-state index contributed by atoms with van der Waals surface area (Å²) in [5.41, 5.74) is 0. The molecule has 1 saturated heterocycles. The highest BCUT2D eigenvalue weighted by atomic mass is 16.5. The molecule has 0 spiro atoms. The van der Waals surface area contributed by atoms with Crippen LogP contribution in [-0.4, -0.2) is 48.3 Å². The van der Waals surface area contributed by atoms with Gasteiger partial charge in [-0.05, 0) is 31.6 Å². The van der Waals surface area contributed by atoms with Gasteiger partial charge in [-0.1, -0.05) is 25.7 Å². The van der Waals surface area contributed by atoms with Crippen LogP contribution in [0.1, 0.15) is 51.4 Å². The molecule has 4 nitrogen and oxygen atoms in total. The number of carboxylic acids is 1. The van der Waals surface area contributed by atoms with Crippen LogP contribution in [0.25, 0.3) is 0 Å². The molecule has 4 heteroatoms. The molecule has 2 rings (SSSR count). The van der Waals surface area contributed by atoms with Crippen molar-refractivity contribution in [1.82, 2.24) is 4.90 Å². The average molecular weight is 269 g/mol. The molecule has 0 aromatic carbocycles. The Morgan fingerprint density at radius 1 is 1.05 bits per heavy atom. The Bertz CT molecular complexity index is 267. The zero-order valence-corrected chi connectivity index (χ0v) is 11.9. The lowest BCUT2D eigenvalue weighted by molar-refractivity contribution is -0.145. The first kappa shape index (κ1) is 14.8. The minimum atomic E-state index is -0.860. The maximum atomic E-state index is 10.5. The van der Waals surface area contributed by atoms with Crippen molar-refractivity contribution in [2.75, 3.05) is 26.2 Å². The molecule has 1 aliphatic carbocycles. The van der Waals surface area contributed by atoms with E-state index in [1.54, 1.807) is 0 Å². The lowest BCUT2D eigenvalue weighted by atomic mass is 9.98. The van der Waals surface area contributed by atoms with Crippen LogP contribution in [0.3, 0.4) is 0 Å². The van der Waals surface area contributed by atoms with E-state index in [9.17, 15) is 4.79 Å². The maximum absolute atomic E-state index is 10.5. The standard InChI is InChI=1S/C15H27NO3/c17-15(18)12-19-14-7-9-16(10-8-14)11-13-5-3-1-2-4-6-13/h13-14H,1-12H2,(H,17,18). The van der Waals surface area contributed by atoms with E-state index in [2.05, 4.69) is 4.90 Å². The summed E-state index contributed by atoms with van der Waals surface area (Å²) >= 11 is 0. The average Bonchev–Trinajstić information content (AvgIpc) is 2.66.